The van der Waals surface area contributed by atoms with E-state index in [9.17, 15) is 4.79 Å². The summed E-state index contributed by atoms with van der Waals surface area (Å²) in [5.41, 5.74) is 0.466. The van der Waals surface area contributed by atoms with Crippen LogP contribution in [0.15, 0.2) is 29.6 Å². The molecule has 0 fully saturated rings. The van der Waals surface area contributed by atoms with Gasteiger partial charge in [0.15, 0.2) is 0 Å². The van der Waals surface area contributed by atoms with E-state index in [4.69, 9.17) is 34.8 Å². The van der Waals surface area contributed by atoms with Crippen LogP contribution in [0.25, 0.3) is 0 Å². The molecule has 0 aliphatic rings. The quantitative estimate of drug-likeness (QED) is 0.318. The Morgan fingerprint density at radius 1 is 1.08 bits per heavy atom. The van der Waals surface area contributed by atoms with Gasteiger partial charge in [-0.05, 0) is 30.0 Å². The number of amides is 2. The number of hydrogen-bond acceptors (Lipinski definition) is 2. The molecule has 0 aliphatic heterocycles. The van der Waals surface area contributed by atoms with E-state index in [1.165, 1.54) is 25.3 Å². The van der Waals surface area contributed by atoms with E-state index in [-0.39, 0.29) is 6.03 Å². The van der Waals surface area contributed by atoms with Gasteiger partial charge in [0.2, 0.25) is 0 Å². The smallest absolute Gasteiger partial charge is 0.319 e. The molecule has 0 radical (unpaired) electrons. The van der Waals surface area contributed by atoms with Crippen molar-refractivity contribution in [1.29, 1.82) is 0 Å². The highest BCUT2D eigenvalue weighted by Crippen LogP contribution is 2.32. The number of nitrogens with one attached hydrogen (secondary N) is 1. The molecule has 1 aromatic carbocycles. The van der Waals surface area contributed by atoms with Gasteiger partial charge in [0.1, 0.15) is 0 Å². The van der Waals surface area contributed by atoms with Crippen LogP contribution in [0, 0.1) is 0 Å². The number of anilines is 1. The van der Waals surface area contributed by atoms with Gasteiger partial charge in [0.25, 0.3) is 0 Å². The molecule has 0 unspecified atom stereocenters. The molecule has 0 spiro atoms. The van der Waals surface area contributed by atoms with Crippen LogP contribution < -0.4 is 5.32 Å². The lowest BCUT2D eigenvalue weighted by Gasteiger charge is -2.23. The van der Waals surface area contributed by atoms with E-state index >= 15 is 0 Å². The van der Waals surface area contributed by atoms with Crippen molar-refractivity contribution in [3.05, 3.63) is 49.6 Å². The Morgan fingerprint density at radius 3 is 2.50 bits per heavy atom. The fourth-order valence-electron chi connectivity index (χ4n) is 2.56. The van der Waals surface area contributed by atoms with Gasteiger partial charge in [0, 0.05) is 11.4 Å². The average Bonchev–Trinajstić information content (AvgIpc) is 3.11. The number of benzene rings is 1. The van der Waals surface area contributed by atoms with Crippen LogP contribution in [-0.2, 0) is 6.54 Å². The molecule has 2 aromatic rings. The lowest BCUT2D eigenvalue weighted by atomic mass is 10.1. The summed E-state index contributed by atoms with van der Waals surface area (Å²) < 4.78 is 0. The van der Waals surface area contributed by atoms with E-state index in [0.717, 1.165) is 17.7 Å². The topological polar surface area (TPSA) is 32.3 Å². The van der Waals surface area contributed by atoms with Crippen molar-refractivity contribution in [1.82, 2.24) is 4.90 Å². The maximum absolute atomic E-state index is 12.8. The first-order chi connectivity index (χ1) is 12.5. The fourth-order valence-corrected chi connectivity index (χ4v) is 3.88. The number of unbranched alkanes of at least 4 members (excludes halogenated alkanes) is 4. The molecule has 0 atom stereocenters. The maximum Gasteiger partial charge on any atom is 0.322 e. The number of halogens is 3. The zero-order valence-corrected chi connectivity index (χ0v) is 17.8. The van der Waals surface area contributed by atoms with E-state index in [1.54, 1.807) is 17.4 Å². The van der Waals surface area contributed by atoms with Gasteiger partial charge in [-0.3, -0.25) is 0 Å². The van der Waals surface area contributed by atoms with Gasteiger partial charge < -0.3 is 10.2 Å². The second kappa shape index (κ2) is 11.0. The number of nitrogens with zero attached hydrogens (tertiary/aromatic N) is 1. The average molecular weight is 434 g/mol. The zero-order chi connectivity index (χ0) is 18.9. The molecule has 7 heteroatoms. The molecule has 142 valence electrons. The molecule has 0 saturated heterocycles. The van der Waals surface area contributed by atoms with Crippen molar-refractivity contribution in [2.75, 3.05) is 11.9 Å². The van der Waals surface area contributed by atoms with Crippen LogP contribution in [-0.4, -0.2) is 17.5 Å². The van der Waals surface area contributed by atoms with Crippen molar-refractivity contribution in [2.24, 2.45) is 0 Å². The summed E-state index contributed by atoms with van der Waals surface area (Å²) >= 11 is 19.8. The molecule has 0 bridgehead atoms. The number of hydrogen-bond donors (Lipinski definition) is 1. The van der Waals surface area contributed by atoms with Gasteiger partial charge in [-0.15, -0.1) is 11.3 Å². The number of thiophene rings is 1. The molecule has 1 heterocycles. The lowest BCUT2D eigenvalue weighted by molar-refractivity contribution is 0.208. The summed E-state index contributed by atoms with van der Waals surface area (Å²) in [6, 6.07) is 6.96. The molecule has 2 rings (SSSR count). The number of rotatable bonds is 9. The molecule has 0 aliphatic carbocycles. The predicted octanol–water partition coefficient (Wildman–Crippen LogP) is 7.71. The van der Waals surface area contributed by atoms with Gasteiger partial charge in [-0.25, -0.2) is 4.79 Å². The zero-order valence-electron chi connectivity index (χ0n) is 14.7. The maximum atomic E-state index is 12.8. The normalized spacial score (nSPS) is 10.8. The largest absolute Gasteiger partial charge is 0.322 e. The molecular formula is C19H23Cl3N2OS. The summed E-state index contributed by atoms with van der Waals surface area (Å²) in [6.07, 6.45) is 5.73. The highest BCUT2D eigenvalue weighted by Gasteiger charge is 2.16. The van der Waals surface area contributed by atoms with Crippen LogP contribution >= 0.6 is 46.1 Å². The van der Waals surface area contributed by atoms with Crippen LogP contribution in [0.4, 0.5) is 10.5 Å². The van der Waals surface area contributed by atoms with Crippen molar-refractivity contribution in [3.63, 3.8) is 0 Å². The number of urea groups is 1. The van der Waals surface area contributed by atoms with Crippen molar-refractivity contribution in [2.45, 2.75) is 45.6 Å². The monoisotopic (exact) mass is 432 g/mol. The third-order valence-corrected chi connectivity index (χ3v) is 5.89. The third-order valence-electron chi connectivity index (χ3n) is 4.00. The Kier molecular flexibility index (Phi) is 9.06. The summed E-state index contributed by atoms with van der Waals surface area (Å²) in [5.74, 6) is 0. The van der Waals surface area contributed by atoms with Crippen LogP contribution in [0.5, 0.6) is 0 Å². The SMILES string of the molecule is CCCCCCCN(Cc1cccs1)C(=O)Nc1cc(Cl)c(Cl)cc1Cl. The minimum Gasteiger partial charge on any atom is -0.319 e. The molecule has 2 amide bonds. The second-order valence-corrected chi connectivity index (χ2v) is 8.35. The van der Waals surface area contributed by atoms with Gasteiger partial charge in [-0.2, -0.15) is 0 Å². The standard InChI is InChI=1S/C19H23Cl3N2OS/c1-2-3-4-5-6-9-24(13-14-8-7-10-26-14)19(25)23-18-12-16(21)15(20)11-17(18)22/h7-8,10-12H,2-6,9,13H2,1H3,(H,23,25). The first kappa shape index (κ1) is 21.4. The minimum atomic E-state index is -0.186. The Morgan fingerprint density at radius 2 is 1.81 bits per heavy atom. The molecule has 1 aromatic heterocycles. The Balaban J connectivity index is 2.03. The third kappa shape index (κ3) is 6.66. The van der Waals surface area contributed by atoms with E-state index in [0.29, 0.717) is 33.8 Å². The summed E-state index contributed by atoms with van der Waals surface area (Å²) in [6.45, 7) is 3.47. The summed E-state index contributed by atoms with van der Waals surface area (Å²) in [4.78, 5) is 15.8. The Bertz CT molecular complexity index is 707. The summed E-state index contributed by atoms with van der Waals surface area (Å²) in [7, 11) is 0. The first-order valence-electron chi connectivity index (χ1n) is 8.74. The van der Waals surface area contributed by atoms with Gasteiger partial charge >= 0.3 is 6.03 Å². The molecule has 26 heavy (non-hydrogen) atoms. The van der Waals surface area contributed by atoms with Crippen LogP contribution in [0.3, 0.4) is 0 Å². The molecule has 0 saturated carbocycles. The van der Waals surface area contributed by atoms with E-state index in [1.807, 2.05) is 22.4 Å². The predicted molar refractivity (Wildman–Crippen MR) is 114 cm³/mol. The van der Waals surface area contributed by atoms with E-state index < -0.39 is 0 Å². The lowest BCUT2D eigenvalue weighted by Crippen LogP contribution is -2.35. The van der Waals surface area contributed by atoms with E-state index in [2.05, 4.69) is 12.2 Å². The second-order valence-electron chi connectivity index (χ2n) is 6.09. The van der Waals surface area contributed by atoms with Crippen molar-refractivity contribution in [3.8, 4) is 0 Å². The van der Waals surface area contributed by atoms with Gasteiger partial charge in [0.05, 0.1) is 27.3 Å². The fraction of sp³-hybridized carbons (Fsp3) is 0.421. The number of carbonyl (C=O) groups excluding carboxylic acids is 1. The Labute approximate surface area is 174 Å². The van der Waals surface area contributed by atoms with Gasteiger partial charge in [-0.1, -0.05) is 73.5 Å². The first-order valence-corrected chi connectivity index (χ1v) is 10.8. The van der Waals surface area contributed by atoms with Crippen molar-refractivity contribution < 1.29 is 4.79 Å². The molecular weight excluding hydrogens is 411 g/mol. The van der Waals surface area contributed by atoms with Crippen molar-refractivity contribution >= 4 is 57.9 Å². The highest BCUT2D eigenvalue weighted by atomic mass is 35.5. The number of carbonyl (C=O) groups is 1. The minimum absolute atomic E-state index is 0.186. The highest BCUT2D eigenvalue weighted by molar-refractivity contribution is 7.09. The van der Waals surface area contributed by atoms with Crippen LogP contribution in [0.2, 0.25) is 15.1 Å². The molecule has 1 N–H and O–H groups in total. The Hall–Kier alpha value is -0.940. The summed E-state index contributed by atoms with van der Waals surface area (Å²) in [5, 5.41) is 5.96. The van der Waals surface area contributed by atoms with Crippen LogP contribution in [0.1, 0.15) is 43.9 Å². The molecule has 3 nitrogen and oxygen atoms in total.